The summed E-state index contributed by atoms with van der Waals surface area (Å²) in [6.45, 7) is 1.92. The van der Waals surface area contributed by atoms with Crippen molar-refractivity contribution in [3.05, 3.63) is 39.2 Å². The van der Waals surface area contributed by atoms with Crippen molar-refractivity contribution in [1.82, 2.24) is 9.78 Å². The molecule has 0 unspecified atom stereocenters. The maximum absolute atomic E-state index is 11.3. The van der Waals surface area contributed by atoms with Gasteiger partial charge in [0.25, 0.3) is 5.91 Å². The molecule has 0 saturated carbocycles. The summed E-state index contributed by atoms with van der Waals surface area (Å²) in [5.74, 6) is -0.740. The van der Waals surface area contributed by atoms with Gasteiger partial charge >= 0.3 is 6.03 Å². The number of nitrogens with one attached hydrogen (secondary N) is 1. The fourth-order valence-corrected chi connectivity index (χ4v) is 2.43. The van der Waals surface area contributed by atoms with Crippen molar-refractivity contribution in [3.63, 3.8) is 0 Å². The van der Waals surface area contributed by atoms with Gasteiger partial charge < -0.3 is 16.8 Å². The SMILES string of the molecule is Cc1cc(I)ccc1-n1cc(NC(N)=O)c(C(N)=O)n1. The zero-order chi connectivity index (χ0) is 14.9. The van der Waals surface area contributed by atoms with Crippen LogP contribution in [-0.4, -0.2) is 21.7 Å². The Labute approximate surface area is 128 Å². The van der Waals surface area contributed by atoms with Gasteiger partial charge in [-0.3, -0.25) is 4.79 Å². The smallest absolute Gasteiger partial charge is 0.316 e. The lowest BCUT2D eigenvalue weighted by Crippen LogP contribution is -2.22. The number of carbonyl (C=O) groups excluding carboxylic acids is 2. The molecule has 7 nitrogen and oxygen atoms in total. The van der Waals surface area contributed by atoms with Gasteiger partial charge in [0.2, 0.25) is 0 Å². The lowest BCUT2D eigenvalue weighted by atomic mass is 10.2. The maximum atomic E-state index is 11.3. The third-order valence-corrected chi connectivity index (χ3v) is 3.28. The Morgan fingerprint density at radius 1 is 1.35 bits per heavy atom. The molecule has 0 radical (unpaired) electrons. The summed E-state index contributed by atoms with van der Waals surface area (Å²) in [5, 5.41) is 6.42. The molecule has 104 valence electrons. The van der Waals surface area contributed by atoms with E-state index in [0.29, 0.717) is 0 Å². The number of amides is 3. The number of carbonyl (C=O) groups is 2. The first-order valence-electron chi connectivity index (χ1n) is 5.61. The van der Waals surface area contributed by atoms with E-state index in [9.17, 15) is 9.59 Å². The zero-order valence-corrected chi connectivity index (χ0v) is 12.7. The minimum Gasteiger partial charge on any atom is -0.364 e. The van der Waals surface area contributed by atoms with E-state index >= 15 is 0 Å². The Hall–Kier alpha value is -2.10. The number of benzene rings is 1. The summed E-state index contributed by atoms with van der Waals surface area (Å²) in [4.78, 5) is 22.3. The molecule has 2 aromatic rings. The van der Waals surface area contributed by atoms with Crippen LogP contribution < -0.4 is 16.8 Å². The van der Waals surface area contributed by atoms with Crippen molar-refractivity contribution in [2.45, 2.75) is 6.92 Å². The number of nitrogens with two attached hydrogens (primary N) is 2. The van der Waals surface area contributed by atoms with Crippen molar-refractivity contribution in [2.24, 2.45) is 11.5 Å². The Balaban J connectivity index is 2.52. The summed E-state index contributed by atoms with van der Waals surface area (Å²) in [5.41, 5.74) is 12.2. The Morgan fingerprint density at radius 2 is 2.05 bits per heavy atom. The van der Waals surface area contributed by atoms with Gasteiger partial charge in [0.1, 0.15) is 0 Å². The highest BCUT2D eigenvalue weighted by molar-refractivity contribution is 14.1. The molecule has 1 heterocycles. The number of aromatic nitrogens is 2. The Kier molecular flexibility index (Phi) is 3.93. The van der Waals surface area contributed by atoms with E-state index in [-0.39, 0.29) is 11.4 Å². The number of nitrogens with zero attached hydrogens (tertiary/aromatic N) is 2. The number of urea groups is 1. The van der Waals surface area contributed by atoms with Gasteiger partial charge in [0, 0.05) is 3.57 Å². The molecule has 0 saturated heterocycles. The monoisotopic (exact) mass is 385 g/mol. The molecule has 0 aliphatic heterocycles. The van der Waals surface area contributed by atoms with Crippen LogP contribution in [0.4, 0.5) is 10.5 Å². The predicted octanol–water partition coefficient (Wildman–Crippen LogP) is 1.37. The standard InChI is InChI=1S/C12H12IN5O2/c1-6-4-7(13)2-3-9(6)18-5-8(16-12(15)20)10(17-18)11(14)19/h2-5H,1H3,(H2,14,19)(H3,15,16,20). The van der Waals surface area contributed by atoms with E-state index in [1.165, 1.54) is 10.9 Å². The average Bonchev–Trinajstić information content (AvgIpc) is 2.71. The number of aryl methyl sites for hydroxylation is 1. The fourth-order valence-electron chi connectivity index (χ4n) is 1.78. The molecular weight excluding hydrogens is 373 g/mol. The zero-order valence-electron chi connectivity index (χ0n) is 10.6. The highest BCUT2D eigenvalue weighted by atomic mass is 127. The second-order valence-electron chi connectivity index (χ2n) is 4.12. The topological polar surface area (TPSA) is 116 Å². The third kappa shape index (κ3) is 2.90. The first kappa shape index (κ1) is 14.3. The summed E-state index contributed by atoms with van der Waals surface area (Å²) >= 11 is 2.20. The first-order valence-corrected chi connectivity index (χ1v) is 6.69. The molecular formula is C12H12IN5O2. The summed E-state index contributed by atoms with van der Waals surface area (Å²) in [6.07, 6.45) is 1.50. The molecule has 0 aliphatic rings. The highest BCUT2D eigenvalue weighted by Crippen LogP contribution is 2.21. The number of halogens is 1. The van der Waals surface area contributed by atoms with Crippen LogP contribution in [-0.2, 0) is 0 Å². The highest BCUT2D eigenvalue weighted by Gasteiger charge is 2.16. The van der Waals surface area contributed by atoms with E-state index in [1.54, 1.807) is 0 Å². The molecule has 0 atom stereocenters. The van der Waals surface area contributed by atoms with Gasteiger partial charge in [-0.05, 0) is 53.3 Å². The normalized spacial score (nSPS) is 10.3. The molecule has 1 aromatic heterocycles. The van der Waals surface area contributed by atoms with Crippen LogP contribution in [0.5, 0.6) is 0 Å². The van der Waals surface area contributed by atoms with Gasteiger partial charge in [0.15, 0.2) is 5.69 Å². The second kappa shape index (κ2) is 5.49. The Morgan fingerprint density at radius 3 is 2.60 bits per heavy atom. The fraction of sp³-hybridized carbons (Fsp3) is 0.0833. The molecule has 5 N–H and O–H groups in total. The van der Waals surface area contributed by atoms with Gasteiger partial charge in [0.05, 0.1) is 17.6 Å². The van der Waals surface area contributed by atoms with E-state index < -0.39 is 11.9 Å². The predicted molar refractivity (Wildman–Crippen MR) is 82.7 cm³/mol. The number of primary amides is 2. The average molecular weight is 385 g/mol. The van der Waals surface area contributed by atoms with E-state index in [4.69, 9.17) is 11.5 Å². The van der Waals surface area contributed by atoms with Crippen molar-refractivity contribution < 1.29 is 9.59 Å². The maximum Gasteiger partial charge on any atom is 0.316 e. The second-order valence-corrected chi connectivity index (χ2v) is 5.37. The number of rotatable bonds is 3. The summed E-state index contributed by atoms with van der Waals surface area (Å²) in [7, 11) is 0. The minimum atomic E-state index is -0.786. The molecule has 20 heavy (non-hydrogen) atoms. The number of hydrogen-bond acceptors (Lipinski definition) is 3. The van der Waals surface area contributed by atoms with E-state index in [1.807, 2.05) is 25.1 Å². The molecule has 0 aliphatic carbocycles. The van der Waals surface area contributed by atoms with Crippen molar-refractivity contribution in [2.75, 3.05) is 5.32 Å². The van der Waals surface area contributed by atoms with Crippen LogP contribution in [0.25, 0.3) is 5.69 Å². The van der Waals surface area contributed by atoms with Crippen molar-refractivity contribution in [3.8, 4) is 5.69 Å². The summed E-state index contributed by atoms with van der Waals surface area (Å²) in [6, 6.07) is 4.97. The minimum absolute atomic E-state index is 0.0400. The third-order valence-electron chi connectivity index (χ3n) is 2.61. The Bertz CT molecular complexity index is 695. The largest absolute Gasteiger partial charge is 0.364 e. The van der Waals surface area contributed by atoms with Crippen molar-refractivity contribution >= 4 is 40.2 Å². The first-order chi connectivity index (χ1) is 9.38. The van der Waals surface area contributed by atoms with Crippen LogP contribution in [0.3, 0.4) is 0 Å². The van der Waals surface area contributed by atoms with Crippen LogP contribution in [0.1, 0.15) is 16.1 Å². The number of anilines is 1. The molecule has 0 fully saturated rings. The molecule has 2 rings (SSSR count). The van der Waals surface area contributed by atoms with Crippen LogP contribution in [0, 0.1) is 10.5 Å². The van der Waals surface area contributed by atoms with Crippen LogP contribution in [0.2, 0.25) is 0 Å². The van der Waals surface area contributed by atoms with Gasteiger partial charge in [-0.25, -0.2) is 9.48 Å². The molecule has 1 aromatic carbocycles. The van der Waals surface area contributed by atoms with Gasteiger partial charge in [-0.15, -0.1) is 0 Å². The van der Waals surface area contributed by atoms with E-state index in [2.05, 4.69) is 33.0 Å². The number of hydrogen-bond donors (Lipinski definition) is 3. The molecule has 3 amide bonds. The molecule has 8 heteroatoms. The molecule has 0 bridgehead atoms. The summed E-state index contributed by atoms with van der Waals surface area (Å²) < 4.78 is 2.57. The lowest BCUT2D eigenvalue weighted by molar-refractivity contribution is 0.0996. The van der Waals surface area contributed by atoms with Crippen molar-refractivity contribution in [1.29, 1.82) is 0 Å². The van der Waals surface area contributed by atoms with Gasteiger partial charge in [-0.2, -0.15) is 5.10 Å². The van der Waals surface area contributed by atoms with E-state index in [0.717, 1.165) is 14.8 Å². The lowest BCUT2D eigenvalue weighted by Gasteiger charge is -2.05. The molecule has 0 spiro atoms. The van der Waals surface area contributed by atoms with Crippen LogP contribution in [0.15, 0.2) is 24.4 Å². The van der Waals surface area contributed by atoms with Crippen LogP contribution >= 0.6 is 22.6 Å². The van der Waals surface area contributed by atoms with Gasteiger partial charge in [-0.1, -0.05) is 0 Å². The quantitative estimate of drug-likeness (QED) is 0.693.